The molecular formula is C18H24O4. The van der Waals surface area contributed by atoms with E-state index < -0.39 is 5.60 Å². The Kier molecular flexibility index (Phi) is 5.35. The molecular weight excluding hydrogens is 280 g/mol. The van der Waals surface area contributed by atoms with Crippen LogP contribution in [0.5, 0.6) is 0 Å². The van der Waals surface area contributed by atoms with Crippen LogP contribution in [-0.4, -0.2) is 22.5 Å². The Morgan fingerprint density at radius 1 is 1.09 bits per heavy atom. The molecule has 1 N–H and O–H groups in total. The molecule has 1 fully saturated rings. The van der Waals surface area contributed by atoms with Crippen molar-refractivity contribution in [1.82, 2.24) is 0 Å². The molecule has 1 saturated carbocycles. The molecule has 1 aromatic carbocycles. The summed E-state index contributed by atoms with van der Waals surface area (Å²) in [5.74, 6) is -0.575. The molecule has 4 nitrogen and oxygen atoms in total. The fourth-order valence-corrected chi connectivity index (χ4v) is 2.94. The Morgan fingerprint density at radius 3 is 2.18 bits per heavy atom. The van der Waals surface area contributed by atoms with Gasteiger partial charge in [0.2, 0.25) is 0 Å². The van der Waals surface area contributed by atoms with Crippen LogP contribution in [0.1, 0.15) is 45.1 Å². The summed E-state index contributed by atoms with van der Waals surface area (Å²) in [6, 6.07) is 9.60. The minimum Gasteiger partial charge on any atom is -0.461 e. The molecule has 0 aromatic heterocycles. The number of benzene rings is 1. The highest BCUT2D eigenvalue weighted by Gasteiger charge is 2.36. The van der Waals surface area contributed by atoms with Gasteiger partial charge in [-0.3, -0.25) is 9.59 Å². The molecule has 1 aliphatic carbocycles. The first-order valence-electron chi connectivity index (χ1n) is 7.85. The third kappa shape index (κ3) is 4.41. The van der Waals surface area contributed by atoms with Crippen molar-refractivity contribution in [1.29, 1.82) is 0 Å². The Hall–Kier alpha value is -1.68. The van der Waals surface area contributed by atoms with Gasteiger partial charge in [0.25, 0.3) is 0 Å². The standard InChI is InChI=1S/C18H24O4/c1-18(2,21)16(19)14-8-10-15(11-9-14)17(20)22-12-13-6-4-3-5-7-13/h3-7,14-15,21H,8-12H2,1-2H3. The maximum absolute atomic E-state index is 12.1. The van der Waals surface area contributed by atoms with E-state index >= 15 is 0 Å². The lowest BCUT2D eigenvalue weighted by Gasteiger charge is -2.29. The van der Waals surface area contributed by atoms with Gasteiger partial charge in [-0.1, -0.05) is 30.3 Å². The molecule has 120 valence electrons. The predicted molar refractivity (Wildman–Crippen MR) is 83.0 cm³/mol. The van der Waals surface area contributed by atoms with Crippen LogP contribution < -0.4 is 0 Å². The molecule has 0 atom stereocenters. The summed E-state index contributed by atoms with van der Waals surface area (Å²) < 4.78 is 5.36. The Bertz CT molecular complexity index is 508. The van der Waals surface area contributed by atoms with Gasteiger partial charge in [0, 0.05) is 5.92 Å². The van der Waals surface area contributed by atoms with E-state index in [1.165, 1.54) is 13.8 Å². The van der Waals surface area contributed by atoms with E-state index in [-0.39, 0.29) is 23.6 Å². The van der Waals surface area contributed by atoms with Crippen LogP contribution in [0.3, 0.4) is 0 Å². The second kappa shape index (κ2) is 7.05. The van der Waals surface area contributed by atoms with Gasteiger partial charge in [0.15, 0.2) is 5.78 Å². The average molecular weight is 304 g/mol. The highest BCUT2D eigenvalue weighted by atomic mass is 16.5. The summed E-state index contributed by atoms with van der Waals surface area (Å²) in [6.07, 6.45) is 2.60. The Balaban J connectivity index is 1.79. The molecule has 1 aromatic rings. The number of hydrogen-bond acceptors (Lipinski definition) is 4. The summed E-state index contributed by atoms with van der Waals surface area (Å²) in [6.45, 7) is 3.34. The van der Waals surface area contributed by atoms with E-state index in [4.69, 9.17) is 4.74 Å². The molecule has 0 aliphatic heterocycles. The summed E-state index contributed by atoms with van der Waals surface area (Å²) >= 11 is 0. The number of rotatable bonds is 5. The predicted octanol–water partition coefficient (Wildman–Crippen LogP) is 2.88. The molecule has 0 unspecified atom stereocenters. The van der Waals surface area contributed by atoms with Crippen molar-refractivity contribution in [2.75, 3.05) is 0 Å². The van der Waals surface area contributed by atoms with E-state index in [2.05, 4.69) is 0 Å². The number of Topliss-reactive ketones (excluding diaryl/α,β-unsaturated/α-hetero) is 1. The van der Waals surface area contributed by atoms with Gasteiger partial charge in [-0.15, -0.1) is 0 Å². The molecule has 0 amide bonds. The van der Waals surface area contributed by atoms with Gasteiger partial charge in [-0.25, -0.2) is 0 Å². The number of ketones is 1. The topological polar surface area (TPSA) is 63.6 Å². The molecule has 0 saturated heterocycles. The third-order valence-electron chi connectivity index (χ3n) is 4.26. The summed E-state index contributed by atoms with van der Waals surface area (Å²) in [5.41, 5.74) is -0.313. The largest absolute Gasteiger partial charge is 0.461 e. The molecule has 0 heterocycles. The van der Waals surface area contributed by atoms with Crippen molar-refractivity contribution in [3.8, 4) is 0 Å². The fourth-order valence-electron chi connectivity index (χ4n) is 2.94. The van der Waals surface area contributed by atoms with Gasteiger partial charge < -0.3 is 9.84 Å². The van der Waals surface area contributed by atoms with E-state index in [1.807, 2.05) is 30.3 Å². The zero-order chi connectivity index (χ0) is 16.2. The number of carbonyl (C=O) groups is 2. The number of aliphatic hydroxyl groups is 1. The quantitative estimate of drug-likeness (QED) is 0.850. The van der Waals surface area contributed by atoms with Gasteiger partial charge >= 0.3 is 5.97 Å². The second-order valence-corrected chi connectivity index (χ2v) is 6.57. The number of esters is 1. The molecule has 2 rings (SSSR count). The second-order valence-electron chi connectivity index (χ2n) is 6.57. The Morgan fingerprint density at radius 2 is 1.64 bits per heavy atom. The number of hydrogen-bond donors (Lipinski definition) is 1. The zero-order valence-electron chi connectivity index (χ0n) is 13.2. The van der Waals surface area contributed by atoms with Gasteiger partial charge in [0.1, 0.15) is 12.2 Å². The van der Waals surface area contributed by atoms with Crippen LogP contribution in [-0.2, 0) is 20.9 Å². The lowest BCUT2D eigenvalue weighted by Crippen LogP contribution is -2.39. The van der Waals surface area contributed by atoms with Gasteiger partial charge in [-0.05, 0) is 45.1 Å². The van der Waals surface area contributed by atoms with Crippen molar-refractivity contribution in [3.05, 3.63) is 35.9 Å². The SMILES string of the molecule is CC(C)(O)C(=O)C1CCC(C(=O)OCc2ccccc2)CC1. The van der Waals surface area contributed by atoms with Crippen LogP contribution in [0.25, 0.3) is 0 Å². The molecule has 22 heavy (non-hydrogen) atoms. The maximum Gasteiger partial charge on any atom is 0.309 e. The molecule has 0 bridgehead atoms. The minimum atomic E-state index is -1.29. The lowest BCUT2D eigenvalue weighted by molar-refractivity contribution is -0.152. The van der Waals surface area contributed by atoms with Crippen LogP contribution in [0.15, 0.2) is 30.3 Å². The number of ether oxygens (including phenoxy) is 1. The summed E-state index contributed by atoms with van der Waals surface area (Å²) in [5, 5.41) is 9.78. The molecule has 1 aliphatic rings. The first-order valence-corrected chi connectivity index (χ1v) is 7.85. The van der Waals surface area contributed by atoms with Gasteiger partial charge in [0.05, 0.1) is 5.92 Å². The summed E-state index contributed by atoms with van der Waals surface area (Å²) in [7, 11) is 0. The van der Waals surface area contributed by atoms with Crippen LogP contribution >= 0.6 is 0 Å². The third-order valence-corrected chi connectivity index (χ3v) is 4.26. The normalized spacial score (nSPS) is 22.1. The van der Waals surface area contributed by atoms with E-state index in [0.29, 0.717) is 32.3 Å². The van der Waals surface area contributed by atoms with Crippen LogP contribution in [0, 0.1) is 11.8 Å². The fraction of sp³-hybridized carbons (Fsp3) is 0.556. The zero-order valence-corrected chi connectivity index (χ0v) is 13.2. The van der Waals surface area contributed by atoms with Crippen molar-refractivity contribution in [2.24, 2.45) is 11.8 Å². The smallest absolute Gasteiger partial charge is 0.309 e. The Labute approximate surface area is 131 Å². The van der Waals surface area contributed by atoms with E-state index in [9.17, 15) is 14.7 Å². The number of carbonyl (C=O) groups excluding carboxylic acids is 2. The minimum absolute atomic E-state index is 0.122. The maximum atomic E-state index is 12.1. The first-order chi connectivity index (χ1) is 10.4. The molecule has 0 spiro atoms. The lowest BCUT2D eigenvalue weighted by atomic mass is 9.77. The van der Waals surface area contributed by atoms with Crippen molar-refractivity contribution >= 4 is 11.8 Å². The first kappa shape index (κ1) is 16.7. The highest BCUT2D eigenvalue weighted by molar-refractivity contribution is 5.88. The van der Waals surface area contributed by atoms with Crippen LogP contribution in [0.4, 0.5) is 0 Å². The molecule has 4 heteroatoms. The van der Waals surface area contributed by atoms with E-state index in [1.54, 1.807) is 0 Å². The van der Waals surface area contributed by atoms with Crippen molar-refractivity contribution < 1.29 is 19.4 Å². The van der Waals surface area contributed by atoms with E-state index in [0.717, 1.165) is 5.56 Å². The summed E-state index contributed by atoms with van der Waals surface area (Å²) in [4.78, 5) is 24.1. The van der Waals surface area contributed by atoms with Crippen molar-refractivity contribution in [2.45, 2.75) is 51.7 Å². The highest BCUT2D eigenvalue weighted by Crippen LogP contribution is 2.32. The molecule has 0 radical (unpaired) electrons. The van der Waals surface area contributed by atoms with Crippen molar-refractivity contribution in [3.63, 3.8) is 0 Å². The van der Waals surface area contributed by atoms with Crippen LogP contribution in [0.2, 0.25) is 0 Å². The average Bonchev–Trinajstić information content (AvgIpc) is 2.52. The monoisotopic (exact) mass is 304 g/mol. The van der Waals surface area contributed by atoms with Gasteiger partial charge in [-0.2, -0.15) is 0 Å².